The molecule has 0 aliphatic carbocycles. The van der Waals surface area contributed by atoms with E-state index in [-0.39, 0.29) is 0 Å². The average Bonchev–Trinajstić information content (AvgIpc) is 2.52. The highest BCUT2D eigenvalue weighted by molar-refractivity contribution is 4.95. The molecule has 1 aromatic heterocycles. The van der Waals surface area contributed by atoms with E-state index in [1.54, 1.807) is 0 Å². The van der Waals surface area contributed by atoms with Gasteiger partial charge in [-0.05, 0) is 19.9 Å². The lowest BCUT2D eigenvalue weighted by Crippen LogP contribution is -2.12. The molecule has 1 atom stereocenters. The Bertz CT molecular complexity index is 229. The average molecular weight is 167 g/mol. The Morgan fingerprint density at radius 2 is 2.42 bits per heavy atom. The van der Waals surface area contributed by atoms with Crippen LogP contribution in [0, 0.1) is 0 Å². The molecule has 0 fully saturated rings. The first-order chi connectivity index (χ1) is 5.79. The number of hydrogen-bond acceptors (Lipinski definition) is 2. The second-order valence-electron chi connectivity index (χ2n) is 3.05. The third kappa shape index (κ3) is 1.85. The lowest BCUT2D eigenvalue weighted by atomic mass is 10.2. The molecule has 2 N–H and O–H groups in total. The number of rotatable bonds is 4. The van der Waals surface area contributed by atoms with Gasteiger partial charge in [-0.15, -0.1) is 0 Å². The normalized spacial score (nSPS) is 13.2. The molecule has 3 heteroatoms. The summed E-state index contributed by atoms with van der Waals surface area (Å²) in [7, 11) is 0. The quantitative estimate of drug-likeness (QED) is 0.735. The van der Waals surface area contributed by atoms with E-state index in [1.807, 2.05) is 12.4 Å². The molecule has 12 heavy (non-hydrogen) atoms. The number of aromatic nitrogens is 2. The fourth-order valence-corrected chi connectivity index (χ4v) is 1.26. The molecule has 0 radical (unpaired) electrons. The fraction of sp³-hybridized carbons (Fsp3) is 0.667. The highest BCUT2D eigenvalue weighted by atomic mass is 15.1. The third-order valence-corrected chi connectivity index (χ3v) is 2.18. The predicted octanol–water partition coefficient (Wildman–Crippen LogP) is 1.36. The summed E-state index contributed by atoms with van der Waals surface area (Å²) in [6, 6.07) is 0.536. The van der Waals surface area contributed by atoms with Crippen LogP contribution >= 0.6 is 0 Å². The van der Waals surface area contributed by atoms with E-state index in [0.29, 0.717) is 12.6 Å². The van der Waals surface area contributed by atoms with Gasteiger partial charge in [0.2, 0.25) is 0 Å². The van der Waals surface area contributed by atoms with Gasteiger partial charge >= 0.3 is 0 Å². The van der Waals surface area contributed by atoms with Gasteiger partial charge in [0.05, 0.1) is 0 Å². The summed E-state index contributed by atoms with van der Waals surface area (Å²) in [5, 5.41) is 0. The Morgan fingerprint density at radius 1 is 1.67 bits per heavy atom. The maximum Gasteiger partial charge on any atom is 0.110 e. The van der Waals surface area contributed by atoms with E-state index in [1.165, 1.54) is 0 Å². The molecule has 0 amide bonds. The van der Waals surface area contributed by atoms with Gasteiger partial charge in [0.1, 0.15) is 5.82 Å². The topological polar surface area (TPSA) is 43.8 Å². The van der Waals surface area contributed by atoms with Gasteiger partial charge in [-0.3, -0.25) is 0 Å². The summed E-state index contributed by atoms with van der Waals surface area (Å²) in [6.07, 6.45) is 5.88. The highest BCUT2D eigenvalue weighted by Gasteiger charge is 2.06. The molecule has 3 nitrogen and oxygen atoms in total. The van der Waals surface area contributed by atoms with Gasteiger partial charge in [-0.2, -0.15) is 0 Å². The predicted molar refractivity (Wildman–Crippen MR) is 50.0 cm³/mol. The third-order valence-electron chi connectivity index (χ3n) is 2.18. The van der Waals surface area contributed by atoms with Crippen molar-refractivity contribution >= 4 is 0 Å². The molecule has 0 aliphatic heterocycles. The van der Waals surface area contributed by atoms with E-state index in [9.17, 15) is 0 Å². The van der Waals surface area contributed by atoms with Crippen LogP contribution in [0.1, 0.15) is 32.1 Å². The summed E-state index contributed by atoms with van der Waals surface area (Å²) < 4.78 is 2.20. The maximum absolute atomic E-state index is 5.48. The number of hydrogen-bond donors (Lipinski definition) is 1. The Kier molecular flexibility index (Phi) is 3.29. The van der Waals surface area contributed by atoms with E-state index < -0.39 is 0 Å². The van der Waals surface area contributed by atoms with E-state index in [4.69, 9.17) is 5.73 Å². The van der Waals surface area contributed by atoms with Crippen molar-refractivity contribution in [1.29, 1.82) is 0 Å². The second kappa shape index (κ2) is 4.26. The molecule has 0 aliphatic rings. The standard InChI is InChI=1S/C9H17N3/c1-3-8(2)12-7-6-11-9(12)4-5-10/h6-8H,3-5,10H2,1-2H3. The molecule has 0 saturated heterocycles. The summed E-state index contributed by atoms with van der Waals surface area (Å²) in [5.41, 5.74) is 5.48. The molecule has 0 bridgehead atoms. The summed E-state index contributed by atoms with van der Waals surface area (Å²) in [5.74, 6) is 1.10. The SMILES string of the molecule is CCC(C)n1ccnc1CCN. The molecule has 68 valence electrons. The number of nitrogens with two attached hydrogens (primary N) is 1. The molecule has 0 aromatic carbocycles. The molecule has 1 heterocycles. The fourth-order valence-electron chi connectivity index (χ4n) is 1.26. The number of imidazole rings is 1. The highest BCUT2D eigenvalue weighted by Crippen LogP contribution is 2.12. The minimum absolute atomic E-state index is 0.536. The van der Waals surface area contributed by atoms with Crippen LogP contribution in [-0.2, 0) is 6.42 Å². The van der Waals surface area contributed by atoms with E-state index in [0.717, 1.165) is 18.7 Å². The van der Waals surface area contributed by atoms with Crippen LogP contribution < -0.4 is 5.73 Å². The van der Waals surface area contributed by atoms with Gasteiger partial charge in [0.25, 0.3) is 0 Å². The maximum atomic E-state index is 5.48. The summed E-state index contributed by atoms with van der Waals surface area (Å²) >= 11 is 0. The van der Waals surface area contributed by atoms with Gasteiger partial charge in [-0.1, -0.05) is 6.92 Å². The van der Waals surface area contributed by atoms with Crippen LogP contribution in [0.4, 0.5) is 0 Å². The van der Waals surface area contributed by atoms with Crippen LogP contribution in [-0.4, -0.2) is 16.1 Å². The van der Waals surface area contributed by atoms with Gasteiger partial charge in [0, 0.05) is 24.9 Å². The lowest BCUT2D eigenvalue weighted by molar-refractivity contribution is 0.508. The van der Waals surface area contributed by atoms with Crippen molar-refractivity contribution in [2.75, 3.05) is 6.54 Å². The van der Waals surface area contributed by atoms with Gasteiger partial charge in [-0.25, -0.2) is 4.98 Å². The van der Waals surface area contributed by atoms with Crippen molar-refractivity contribution in [2.45, 2.75) is 32.7 Å². The van der Waals surface area contributed by atoms with Crippen LogP contribution in [0.5, 0.6) is 0 Å². The zero-order chi connectivity index (χ0) is 8.97. The molecule has 1 unspecified atom stereocenters. The van der Waals surface area contributed by atoms with E-state index in [2.05, 4.69) is 23.4 Å². The molecule has 0 spiro atoms. The van der Waals surface area contributed by atoms with Crippen molar-refractivity contribution in [3.63, 3.8) is 0 Å². The first-order valence-electron chi connectivity index (χ1n) is 4.51. The first-order valence-corrected chi connectivity index (χ1v) is 4.51. The van der Waals surface area contributed by atoms with Gasteiger partial charge in [0.15, 0.2) is 0 Å². The van der Waals surface area contributed by atoms with Crippen molar-refractivity contribution in [2.24, 2.45) is 5.73 Å². The van der Waals surface area contributed by atoms with Crippen molar-refractivity contribution in [3.8, 4) is 0 Å². The minimum atomic E-state index is 0.536. The van der Waals surface area contributed by atoms with Crippen molar-refractivity contribution in [1.82, 2.24) is 9.55 Å². The van der Waals surface area contributed by atoms with Crippen molar-refractivity contribution in [3.05, 3.63) is 18.2 Å². The van der Waals surface area contributed by atoms with E-state index >= 15 is 0 Å². The van der Waals surface area contributed by atoms with Crippen LogP contribution in [0.15, 0.2) is 12.4 Å². The molecular weight excluding hydrogens is 150 g/mol. The Morgan fingerprint density at radius 3 is 3.00 bits per heavy atom. The van der Waals surface area contributed by atoms with Gasteiger partial charge < -0.3 is 10.3 Å². The van der Waals surface area contributed by atoms with Crippen LogP contribution in [0.2, 0.25) is 0 Å². The molecule has 1 rings (SSSR count). The molecule has 1 aromatic rings. The smallest absolute Gasteiger partial charge is 0.110 e. The molecular formula is C9H17N3. The Labute approximate surface area is 73.6 Å². The summed E-state index contributed by atoms with van der Waals surface area (Å²) in [4.78, 5) is 4.26. The summed E-state index contributed by atoms with van der Waals surface area (Å²) in [6.45, 7) is 5.05. The Balaban J connectivity index is 2.76. The zero-order valence-corrected chi connectivity index (χ0v) is 7.83. The number of nitrogens with zero attached hydrogens (tertiary/aromatic N) is 2. The first kappa shape index (κ1) is 9.26. The largest absolute Gasteiger partial charge is 0.332 e. The lowest BCUT2D eigenvalue weighted by Gasteiger charge is -2.13. The Hall–Kier alpha value is -0.830. The van der Waals surface area contributed by atoms with Crippen LogP contribution in [0.3, 0.4) is 0 Å². The molecule has 0 saturated carbocycles. The van der Waals surface area contributed by atoms with Crippen molar-refractivity contribution < 1.29 is 0 Å². The monoisotopic (exact) mass is 167 g/mol. The second-order valence-corrected chi connectivity index (χ2v) is 3.05. The van der Waals surface area contributed by atoms with Crippen LogP contribution in [0.25, 0.3) is 0 Å². The minimum Gasteiger partial charge on any atom is -0.332 e. The zero-order valence-electron chi connectivity index (χ0n) is 7.83.